The van der Waals surface area contributed by atoms with Gasteiger partial charge < -0.3 is 10.2 Å². The van der Waals surface area contributed by atoms with Crippen molar-refractivity contribution in [1.82, 2.24) is 0 Å². The first-order valence-corrected chi connectivity index (χ1v) is 9.26. The zero-order valence-corrected chi connectivity index (χ0v) is 15.3. The second-order valence-electron chi connectivity index (χ2n) is 8.62. The molecular formula is C20H34O3. The van der Waals surface area contributed by atoms with Gasteiger partial charge in [0.2, 0.25) is 0 Å². The van der Waals surface area contributed by atoms with E-state index in [1.165, 1.54) is 24.8 Å². The first-order chi connectivity index (χ1) is 10.7. The van der Waals surface area contributed by atoms with Crippen molar-refractivity contribution in [3.8, 4) is 0 Å². The fraction of sp³-hybridized carbons (Fsp3) is 0.850. The molecule has 1 saturated carbocycles. The summed E-state index contributed by atoms with van der Waals surface area (Å²) >= 11 is 0. The van der Waals surface area contributed by atoms with E-state index in [-0.39, 0.29) is 29.8 Å². The van der Waals surface area contributed by atoms with Crippen molar-refractivity contribution in [2.45, 2.75) is 72.6 Å². The van der Waals surface area contributed by atoms with Gasteiger partial charge in [0.15, 0.2) is 0 Å². The lowest BCUT2D eigenvalue weighted by Gasteiger charge is -2.58. The van der Waals surface area contributed by atoms with E-state index in [2.05, 4.69) is 33.8 Å². The summed E-state index contributed by atoms with van der Waals surface area (Å²) in [5.41, 5.74) is 1.61. The van der Waals surface area contributed by atoms with Crippen molar-refractivity contribution in [2.75, 3.05) is 6.61 Å². The van der Waals surface area contributed by atoms with Crippen LogP contribution in [0.4, 0.5) is 0 Å². The Balaban J connectivity index is 2.18. The summed E-state index contributed by atoms with van der Waals surface area (Å²) in [7, 11) is 0. The zero-order valence-electron chi connectivity index (χ0n) is 15.3. The Morgan fingerprint density at radius 2 is 2.09 bits per heavy atom. The predicted molar refractivity (Wildman–Crippen MR) is 93.2 cm³/mol. The Hall–Kier alpha value is -0.830. The topological polar surface area (TPSA) is 57.5 Å². The number of carboxylic acid groups (broad SMARTS) is 1. The number of carboxylic acids is 1. The highest BCUT2D eigenvalue weighted by Crippen LogP contribution is 2.61. The molecule has 0 aliphatic heterocycles. The van der Waals surface area contributed by atoms with E-state index in [0.717, 1.165) is 19.3 Å². The Morgan fingerprint density at radius 1 is 1.39 bits per heavy atom. The molecule has 3 nitrogen and oxygen atoms in total. The molecule has 1 fully saturated rings. The van der Waals surface area contributed by atoms with E-state index >= 15 is 0 Å². The number of aliphatic hydroxyl groups excluding tert-OH is 1. The number of aliphatic hydroxyl groups is 1. The van der Waals surface area contributed by atoms with Gasteiger partial charge in [0.05, 0.1) is 6.61 Å². The molecule has 0 saturated heterocycles. The second kappa shape index (κ2) is 6.96. The minimum atomic E-state index is -0.688. The Bertz CT molecular complexity index is 470. The first kappa shape index (κ1) is 18.5. The number of fused-ring (bicyclic) bond motifs is 1. The van der Waals surface area contributed by atoms with Crippen LogP contribution in [0.1, 0.15) is 72.6 Å². The maximum Gasteiger partial charge on any atom is 0.303 e. The number of allylic oxidation sites excluding steroid dienone is 1. The smallest absolute Gasteiger partial charge is 0.303 e. The standard InChI is InChI=1S/C20H34O3/c1-14(12-18(22)23)8-10-19(3)15(2)9-11-20(4)16(13-21)6-5-7-17(19)20/h6,14-15,17,21H,5,7-13H2,1-4H3,(H,22,23)/t14-,15-,17+,19-,20-/m0/s1. The van der Waals surface area contributed by atoms with Crippen LogP contribution in [-0.4, -0.2) is 22.8 Å². The lowest BCUT2D eigenvalue weighted by atomic mass is 9.46. The average Bonchev–Trinajstić information content (AvgIpc) is 2.48. The van der Waals surface area contributed by atoms with Crippen LogP contribution in [0.5, 0.6) is 0 Å². The third-order valence-electron chi connectivity index (χ3n) is 7.24. The number of carbonyl (C=O) groups is 1. The van der Waals surface area contributed by atoms with Crippen molar-refractivity contribution in [1.29, 1.82) is 0 Å². The first-order valence-electron chi connectivity index (χ1n) is 9.26. The SMILES string of the molecule is C[C@@H](CC[C@]1(C)[C@H]2CCC=C(CO)[C@]2(C)CC[C@@H]1C)CC(=O)O. The molecule has 2 rings (SSSR count). The minimum Gasteiger partial charge on any atom is -0.481 e. The summed E-state index contributed by atoms with van der Waals surface area (Å²) in [6.45, 7) is 9.40. The van der Waals surface area contributed by atoms with E-state index in [9.17, 15) is 9.90 Å². The zero-order chi connectivity index (χ0) is 17.3. The normalized spacial score (nSPS) is 38.6. The molecule has 23 heavy (non-hydrogen) atoms. The molecule has 132 valence electrons. The molecule has 2 aliphatic rings. The van der Waals surface area contributed by atoms with Crippen molar-refractivity contribution in [3.05, 3.63) is 11.6 Å². The molecule has 0 aromatic rings. The van der Waals surface area contributed by atoms with Gasteiger partial charge in [-0.15, -0.1) is 0 Å². The lowest BCUT2D eigenvalue weighted by Crippen LogP contribution is -2.50. The highest BCUT2D eigenvalue weighted by molar-refractivity contribution is 5.66. The van der Waals surface area contributed by atoms with E-state index in [1.54, 1.807) is 0 Å². The van der Waals surface area contributed by atoms with Gasteiger partial charge in [-0.05, 0) is 72.7 Å². The Kier molecular flexibility index (Phi) is 5.60. The van der Waals surface area contributed by atoms with Gasteiger partial charge in [-0.3, -0.25) is 4.79 Å². The van der Waals surface area contributed by atoms with Crippen LogP contribution < -0.4 is 0 Å². The largest absolute Gasteiger partial charge is 0.481 e. The number of hydrogen-bond donors (Lipinski definition) is 2. The van der Waals surface area contributed by atoms with Crippen LogP contribution in [0.25, 0.3) is 0 Å². The van der Waals surface area contributed by atoms with Gasteiger partial charge in [0, 0.05) is 6.42 Å². The summed E-state index contributed by atoms with van der Waals surface area (Å²) in [5, 5.41) is 18.8. The fourth-order valence-corrected chi connectivity index (χ4v) is 5.40. The fourth-order valence-electron chi connectivity index (χ4n) is 5.40. The molecule has 0 aromatic heterocycles. The van der Waals surface area contributed by atoms with Crippen LogP contribution in [0.15, 0.2) is 11.6 Å². The van der Waals surface area contributed by atoms with E-state index in [4.69, 9.17) is 5.11 Å². The van der Waals surface area contributed by atoms with Crippen molar-refractivity contribution < 1.29 is 15.0 Å². The van der Waals surface area contributed by atoms with Crippen molar-refractivity contribution in [3.63, 3.8) is 0 Å². The monoisotopic (exact) mass is 322 g/mol. The third-order valence-corrected chi connectivity index (χ3v) is 7.24. The summed E-state index contributed by atoms with van der Waals surface area (Å²) in [6, 6.07) is 0. The number of rotatable bonds is 6. The average molecular weight is 322 g/mol. The highest BCUT2D eigenvalue weighted by Gasteiger charge is 2.53. The van der Waals surface area contributed by atoms with E-state index < -0.39 is 5.97 Å². The summed E-state index contributed by atoms with van der Waals surface area (Å²) in [6.07, 6.45) is 9.27. The molecule has 0 heterocycles. The van der Waals surface area contributed by atoms with Gasteiger partial charge >= 0.3 is 5.97 Å². The maximum atomic E-state index is 10.9. The van der Waals surface area contributed by atoms with Crippen LogP contribution in [0.3, 0.4) is 0 Å². The van der Waals surface area contributed by atoms with Crippen LogP contribution in [0, 0.1) is 28.6 Å². The molecule has 0 radical (unpaired) electrons. The molecule has 0 spiro atoms. The summed E-state index contributed by atoms with van der Waals surface area (Å²) in [4.78, 5) is 10.9. The van der Waals surface area contributed by atoms with Gasteiger partial charge in [0.1, 0.15) is 0 Å². The Morgan fingerprint density at radius 3 is 2.70 bits per heavy atom. The molecule has 5 atom stereocenters. The minimum absolute atomic E-state index is 0.129. The predicted octanol–water partition coefficient (Wildman–Crippen LogP) is 4.65. The third kappa shape index (κ3) is 3.50. The molecule has 3 heteroatoms. The maximum absolute atomic E-state index is 10.9. The summed E-state index contributed by atoms with van der Waals surface area (Å²) in [5.74, 6) is 0.812. The molecule has 0 unspecified atom stereocenters. The van der Waals surface area contributed by atoms with E-state index in [1.807, 2.05) is 0 Å². The van der Waals surface area contributed by atoms with Gasteiger partial charge in [-0.2, -0.15) is 0 Å². The van der Waals surface area contributed by atoms with Crippen molar-refractivity contribution in [2.24, 2.45) is 28.6 Å². The van der Waals surface area contributed by atoms with E-state index in [0.29, 0.717) is 11.8 Å². The quantitative estimate of drug-likeness (QED) is 0.700. The van der Waals surface area contributed by atoms with Crippen LogP contribution in [-0.2, 0) is 4.79 Å². The van der Waals surface area contributed by atoms with Crippen LogP contribution in [0.2, 0.25) is 0 Å². The highest BCUT2D eigenvalue weighted by atomic mass is 16.4. The molecular weight excluding hydrogens is 288 g/mol. The molecule has 0 bridgehead atoms. The molecule has 2 aliphatic carbocycles. The Labute approximate surface area is 141 Å². The second-order valence-corrected chi connectivity index (χ2v) is 8.62. The molecule has 0 aromatic carbocycles. The summed E-state index contributed by atoms with van der Waals surface area (Å²) < 4.78 is 0. The molecule has 0 amide bonds. The van der Waals surface area contributed by atoms with Crippen molar-refractivity contribution >= 4 is 5.97 Å². The number of aliphatic carboxylic acids is 1. The number of hydrogen-bond acceptors (Lipinski definition) is 2. The van der Waals surface area contributed by atoms with Crippen LogP contribution >= 0.6 is 0 Å². The van der Waals surface area contributed by atoms with Gasteiger partial charge in [-0.1, -0.05) is 33.8 Å². The van der Waals surface area contributed by atoms with Gasteiger partial charge in [0.25, 0.3) is 0 Å². The lowest BCUT2D eigenvalue weighted by molar-refractivity contribution is -0.138. The molecule has 2 N–H and O–H groups in total. The van der Waals surface area contributed by atoms with Gasteiger partial charge in [-0.25, -0.2) is 0 Å².